The number of benzene rings is 2. The van der Waals surface area contributed by atoms with Gasteiger partial charge in [0.05, 0.1) is 14.2 Å². The fraction of sp³-hybridized carbons (Fsp3) is 0.333. The Morgan fingerprint density at radius 2 is 1.62 bits per heavy atom. The zero-order chi connectivity index (χ0) is 15.2. The van der Waals surface area contributed by atoms with E-state index in [-0.39, 0.29) is 6.04 Å². The quantitative estimate of drug-likeness (QED) is 0.881. The van der Waals surface area contributed by atoms with Crippen LogP contribution in [0.5, 0.6) is 11.5 Å². The molecule has 0 aliphatic carbocycles. The summed E-state index contributed by atoms with van der Waals surface area (Å²) in [5.74, 6) is 1.52. The van der Waals surface area contributed by atoms with Gasteiger partial charge in [-0.15, -0.1) is 0 Å². The molecule has 0 amide bonds. The maximum absolute atomic E-state index is 5.38. The lowest BCUT2D eigenvalue weighted by molar-refractivity contribution is 0.354. The van der Waals surface area contributed by atoms with E-state index in [1.54, 1.807) is 14.2 Å². The van der Waals surface area contributed by atoms with Crippen LogP contribution in [-0.4, -0.2) is 21.3 Å². The van der Waals surface area contributed by atoms with Gasteiger partial charge < -0.3 is 14.8 Å². The van der Waals surface area contributed by atoms with Gasteiger partial charge >= 0.3 is 0 Å². The monoisotopic (exact) mass is 285 g/mol. The minimum Gasteiger partial charge on any atom is -0.493 e. The number of nitrogens with one attached hydrogen (secondary N) is 1. The van der Waals surface area contributed by atoms with E-state index in [1.807, 2.05) is 19.2 Å². The number of hydrogen-bond acceptors (Lipinski definition) is 3. The van der Waals surface area contributed by atoms with Crippen molar-refractivity contribution in [2.75, 3.05) is 21.3 Å². The molecule has 21 heavy (non-hydrogen) atoms. The molecule has 3 nitrogen and oxygen atoms in total. The third kappa shape index (κ3) is 3.76. The van der Waals surface area contributed by atoms with Gasteiger partial charge in [0, 0.05) is 6.04 Å². The van der Waals surface area contributed by atoms with E-state index < -0.39 is 0 Å². The van der Waals surface area contributed by atoms with Crippen LogP contribution in [0.15, 0.2) is 42.5 Å². The van der Waals surface area contributed by atoms with Crippen LogP contribution in [-0.2, 0) is 6.42 Å². The molecule has 1 atom stereocenters. The number of rotatable bonds is 6. The van der Waals surface area contributed by atoms with E-state index in [9.17, 15) is 0 Å². The second-order valence-corrected chi connectivity index (χ2v) is 5.15. The molecule has 1 N–H and O–H groups in total. The Balaban J connectivity index is 2.22. The molecule has 0 aliphatic heterocycles. The fourth-order valence-corrected chi connectivity index (χ4v) is 2.42. The summed E-state index contributed by atoms with van der Waals surface area (Å²) in [6.45, 7) is 2.10. The first-order valence-corrected chi connectivity index (χ1v) is 7.12. The molecule has 0 aromatic heterocycles. The van der Waals surface area contributed by atoms with Crippen LogP contribution >= 0.6 is 0 Å². The Hall–Kier alpha value is -2.00. The Bertz CT molecular complexity index is 578. The highest BCUT2D eigenvalue weighted by Crippen LogP contribution is 2.30. The van der Waals surface area contributed by atoms with E-state index in [2.05, 4.69) is 42.6 Å². The second-order valence-electron chi connectivity index (χ2n) is 5.15. The van der Waals surface area contributed by atoms with Crippen molar-refractivity contribution in [1.29, 1.82) is 0 Å². The number of methoxy groups -OCH3 is 2. The fourth-order valence-electron chi connectivity index (χ4n) is 2.42. The standard InChI is InChI=1S/C18H23NO2/c1-13-5-7-14(8-6-13)11-16(19-2)15-9-10-17(20-3)18(12-15)21-4/h5-10,12,16,19H,11H2,1-4H3. The van der Waals surface area contributed by atoms with Crippen molar-refractivity contribution in [2.24, 2.45) is 0 Å². The normalized spacial score (nSPS) is 12.0. The predicted octanol–water partition coefficient (Wildman–Crippen LogP) is 3.52. The summed E-state index contributed by atoms with van der Waals surface area (Å²) in [6.07, 6.45) is 0.937. The van der Waals surface area contributed by atoms with Crippen molar-refractivity contribution in [3.8, 4) is 11.5 Å². The van der Waals surface area contributed by atoms with Gasteiger partial charge in [0.2, 0.25) is 0 Å². The topological polar surface area (TPSA) is 30.5 Å². The van der Waals surface area contributed by atoms with E-state index in [0.29, 0.717) is 0 Å². The highest BCUT2D eigenvalue weighted by atomic mass is 16.5. The third-order valence-electron chi connectivity index (χ3n) is 3.72. The zero-order valence-corrected chi connectivity index (χ0v) is 13.1. The Kier molecular flexibility index (Phi) is 5.23. The smallest absolute Gasteiger partial charge is 0.161 e. The maximum atomic E-state index is 5.38. The summed E-state index contributed by atoms with van der Waals surface area (Å²) >= 11 is 0. The lowest BCUT2D eigenvalue weighted by Gasteiger charge is -2.18. The molecule has 2 aromatic carbocycles. The summed E-state index contributed by atoms with van der Waals surface area (Å²) in [7, 11) is 5.30. The van der Waals surface area contributed by atoms with Gasteiger partial charge in [-0.05, 0) is 43.7 Å². The first-order valence-electron chi connectivity index (χ1n) is 7.12. The molecule has 0 spiro atoms. The molecule has 0 aliphatic rings. The first-order chi connectivity index (χ1) is 10.2. The summed E-state index contributed by atoms with van der Waals surface area (Å²) < 4.78 is 10.7. The minimum absolute atomic E-state index is 0.243. The molecule has 0 heterocycles. The highest BCUT2D eigenvalue weighted by Gasteiger charge is 2.13. The molecular weight excluding hydrogens is 262 g/mol. The molecule has 1 unspecified atom stereocenters. The van der Waals surface area contributed by atoms with Crippen molar-refractivity contribution in [3.05, 3.63) is 59.2 Å². The van der Waals surface area contributed by atoms with Crippen LogP contribution < -0.4 is 14.8 Å². The van der Waals surface area contributed by atoms with Crippen molar-refractivity contribution in [1.82, 2.24) is 5.32 Å². The Morgan fingerprint density at radius 1 is 0.952 bits per heavy atom. The van der Waals surface area contributed by atoms with E-state index >= 15 is 0 Å². The van der Waals surface area contributed by atoms with Crippen LogP contribution in [0.25, 0.3) is 0 Å². The summed E-state index contributed by atoms with van der Waals surface area (Å²) in [5, 5.41) is 3.37. The average Bonchev–Trinajstić information content (AvgIpc) is 2.53. The molecule has 0 bridgehead atoms. The van der Waals surface area contributed by atoms with Gasteiger partial charge in [-0.3, -0.25) is 0 Å². The van der Waals surface area contributed by atoms with Crippen LogP contribution in [0.1, 0.15) is 22.7 Å². The van der Waals surface area contributed by atoms with Gasteiger partial charge in [0.15, 0.2) is 11.5 Å². The van der Waals surface area contributed by atoms with Crippen LogP contribution in [0.2, 0.25) is 0 Å². The molecule has 0 saturated carbocycles. The maximum Gasteiger partial charge on any atom is 0.161 e. The molecule has 0 saturated heterocycles. The Morgan fingerprint density at radius 3 is 2.19 bits per heavy atom. The molecule has 0 fully saturated rings. The van der Waals surface area contributed by atoms with Crippen LogP contribution in [0, 0.1) is 6.92 Å². The molecule has 3 heteroatoms. The minimum atomic E-state index is 0.243. The SMILES string of the molecule is CNC(Cc1ccc(C)cc1)c1ccc(OC)c(OC)c1. The third-order valence-corrected chi connectivity index (χ3v) is 3.72. The van der Waals surface area contributed by atoms with Gasteiger partial charge in [-0.2, -0.15) is 0 Å². The molecule has 112 valence electrons. The summed E-state index contributed by atoms with van der Waals surface area (Å²) in [4.78, 5) is 0. The molecule has 2 rings (SSSR count). The lowest BCUT2D eigenvalue weighted by atomic mass is 9.98. The van der Waals surface area contributed by atoms with Crippen molar-refractivity contribution in [2.45, 2.75) is 19.4 Å². The highest BCUT2D eigenvalue weighted by molar-refractivity contribution is 5.44. The Labute approximate surface area is 126 Å². The predicted molar refractivity (Wildman–Crippen MR) is 86.2 cm³/mol. The van der Waals surface area contributed by atoms with E-state index in [1.165, 1.54) is 16.7 Å². The number of likely N-dealkylation sites (N-methyl/N-ethyl adjacent to an activating group) is 1. The van der Waals surface area contributed by atoms with Crippen molar-refractivity contribution < 1.29 is 9.47 Å². The van der Waals surface area contributed by atoms with Crippen molar-refractivity contribution >= 4 is 0 Å². The van der Waals surface area contributed by atoms with Crippen LogP contribution in [0.3, 0.4) is 0 Å². The van der Waals surface area contributed by atoms with Crippen molar-refractivity contribution in [3.63, 3.8) is 0 Å². The second kappa shape index (κ2) is 7.14. The van der Waals surface area contributed by atoms with Gasteiger partial charge in [0.25, 0.3) is 0 Å². The van der Waals surface area contributed by atoms with E-state index in [4.69, 9.17) is 9.47 Å². The van der Waals surface area contributed by atoms with Gasteiger partial charge in [0.1, 0.15) is 0 Å². The van der Waals surface area contributed by atoms with Crippen LogP contribution in [0.4, 0.5) is 0 Å². The molecular formula is C18H23NO2. The largest absolute Gasteiger partial charge is 0.493 e. The lowest BCUT2D eigenvalue weighted by Crippen LogP contribution is -2.19. The van der Waals surface area contributed by atoms with E-state index in [0.717, 1.165) is 17.9 Å². The van der Waals surface area contributed by atoms with Gasteiger partial charge in [-0.25, -0.2) is 0 Å². The summed E-state index contributed by atoms with van der Waals surface area (Å²) in [6, 6.07) is 15.0. The average molecular weight is 285 g/mol. The zero-order valence-electron chi connectivity index (χ0n) is 13.1. The number of hydrogen-bond donors (Lipinski definition) is 1. The number of aryl methyl sites for hydroxylation is 1. The molecule has 2 aromatic rings. The molecule has 0 radical (unpaired) electrons. The van der Waals surface area contributed by atoms with Gasteiger partial charge in [-0.1, -0.05) is 35.9 Å². The summed E-state index contributed by atoms with van der Waals surface area (Å²) in [5.41, 5.74) is 3.79. The number of ether oxygens (including phenoxy) is 2. The first kappa shape index (κ1) is 15.4.